The number of hydrogen-bond acceptors (Lipinski definition) is 6. The van der Waals surface area contributed by atoms with Crippen molar-refractivity contribution in [2.75, 3.05) is 0 Å². The van der Waals surface area contributed by atoms with Crippen LogP contribution in [0.3, 0.4) is 0 Å². The Morgan fingerprint density at radius 2 is 1.89 bits per heavy atom. The van der Waals surface area contributed by atoms with Crippen molar-refractivity contribution >= 4 is 11.4 Å². The highest BCUT2D eigenvalue weighted by Gasteiger charge is 2.41. The Kier molecular flexibility index (Phi) is 3.46. The van der Waals surface area contributed by atoms with Crippen LogP contribution in [0.5, 0.6) is 5.75 Å². The van der Waals surface area contributed by atoms with Crippen molar-refractivity contribution in [2.45, 2.75) is 18.7 Å². The lowest BCUT2D eigenvalue weighted by atomic mass is 9.97. The van der Waals surface area contributed by atoms with Gasteiger partial charge < -0.3 is 9.15 Å². The number of non-ortho nitro benzene ring substituents is 1. The molecule has 1 aromatic heterocycles. The van der Waals surface area contributed by atoms with Gasteiger partial charge in [-0.1, -0.05) is 18.2 Å². The zero-order chi connectivity index (χ0) is 18.4. The minimum absolute atomic E-state index is 0.0234. The number of nitro benzene ring substituents is 1. The van der Waals surface area contributed by atoms with Gasteiger partial charge in [0.2, 0.25) is 6.23 Å². The Balaban J connectivity index is 1.57. The van der Waals surface area contributed by atoms with Gasteiger partial charge in [0, 0.05) is 29.7 Å². The highest BCUT2D eigenvalue weighted by molar-refractivity contribution is 5.99. The molecule has 2 atom stereocenters. The molecule has 7 nitrogen and oxygen atoms in total. The molecule has 0 fully saturated rings. The first-order valence-electron chi connectivity index (χ1n) is 8.60. The van der Waals surface area contributed by atoms with E-state index in [1.165, 1.54) is 12.1 Å². The lowest BCUT2D eigenvalue weighted by Crippen LogP contribution is -2.33. The number of nitrogens with zero attached hydrogens (tertiary/aromatic N) is 3. The SMILES string of the molecule is O=[N+]([O-])c1ccc(C2Oc3ccccc3C3CC(c4ccco4)=NN32)cc1. The molecule has 2 aliphatic rings. The predicted octanol–water partition coefficient (Wildman–Crippen LogP) is 4.43. The number of ether oxygens (including phenoxy) is 1. The second kappa shape index (κ2) is 5.98. The largest absolute Gasteiger partial charge is 0.464 e. The number of benzene rings is 2. The summed E-state index contributed by atoms with van der Waals surface area (Å²) in [5.41, 5.74) is 2.79. The van der Waals surface area contributed by atoms with Gasteiger partial charge in [-0.25, -0.2) is 5.01 Å². The quantitative estimate of drug-likeness (QED) is 0.509. The molecule has 0 amide bonds. The maximum absolute atomic E-state index is 10.9. The van der Waals surface area contributed by atoms with Gasteiger partial charge in [0.1, 0.15) is 17.2 Å². The van der Waals surface area contributed by atoms with Gasteiger partial charge in [0.05, 0.1) is 17.2 Å². The summed E-state index contributed by atoms with van der Waals surface area (Å²) in [4.78, 5) is 10.5. The fraction of sp³-hybridized carbons (Fsp3) is 0.150. The molecule has 134 valence electrons. The summed E-state index contributed by atoms with van der Waals surface area (Å²) in [7, 11) is 0. The fourth-order valence-corrected chi connectivity index (χ4v) is 3.61. The molecule has 0 saturated heterocycles. The van der Waals surface area contributed by atoms with E-state index in [0.29, 0.717) is 6.42 Å². The number of hydrogen-bond donors (Lipinski definition) is 0. The molecule has 0 spiro atoms. The Morgan fingerprint density at radius 1 is 1.07 bits per heavy atom. The Morgan fingerprint density at radius 3 is 2.63 bits per heavy atom. The van der Waals surface area contributed by atoms with Crippen molar-refractivity contribution in [1.82, 2.24) is 5.01 Å². The maximum Gasteiger partial charge on any atom is 0.269 e. The molecule has 3 heterocycles. The number of furan rings is 1. The van der Waals surface area contributed by atoms with Gasteiger partial charge in [-0.2, -0.15) is 5.10 Å². The zero-order valence-corrected chi connectivity index (χ0v) is 14.2. The van der Waals surface area contributed by atoms with Gasteiger partial charge in [-0.05, 0) is 30.3 Å². The second-order valence-electron chi connectivity index (χ2n) is 6.48. The van der Waals surface area contributed by atoms with Gasteiger partial charge >= 0.3 is 0 Å². The number of para-hydroxylation sites is 1. The minimum Gasteiger partial charge on any atom is -0.464 e. The van der Waals surface area contributed by atoms with E-state index in [4.69, 9.17) is 14.3 Å². The molecule has 0 aliphatic carbocycles. The number of hydrazone groups is 1. The third kappa shape index (κ3) is 2.55. The summed E-state index contributed by atoms with van der Waals surface area (Å²) in [6, 6.07) is 18.1. The third-order valence-electron chi connectivity index (χ3n) is 4.89. The highest BCUT2D eigenvalue weighted by atomic mass is 16.6. The Hall–Kier alpha value is -3.61. The van der Waals surface area contributed by atoms with E-state index in [0.717, 1.165) is 28.3 Å². The van der Waals surface area contributed by atoms with Crippen LogP contribution in [0.15, 0.2) is 76.4 Å². The normalized spacial score (nSPS) is 20.4. The van der Waals surface area contributed by atoms with Crippen LogP contribution >= 0.6 is 0 Å². The van der Waals surface area contributed by atoms with Crippen LogP contribution in [0.1, 0.15) is 35.6 Å². The lowest BCUT2D eigenvalue weighted by Gasteiger charge is -2.38. The Bertz CT molecular complexity index is 1030. The van der Waals surface area contributed by atoms with Gasteiger partial charge in [0.15, 0.2) is 0 Å². The van der Waals surface area contributed by atoms with Crippen molar-refractivity contribution in [3.05, 3.63) is 93.9 Å². The van der Waals surface area contributed by atoms with E-state index in [1.54, 1.807) is 18.4 Å². The molecule has 2 unspecified atom stereocenters. The van der Waals surface area contributed by atoms with Gasteiger partial charge in [-0.3, -0.25) is 10.1 Å². The van der Waals surface area contributed by atoms with E-state index < -0.39 is 11.2 Å². The molecule has 0 saturated carbocycles. The maximum atomic E-state index is 10.9. The second-order valence-corrected chi connectivity index (χ2v) is 6.48. The smallest absolute Gasteiger partial charge is 0.269 e. The van der Waals surface area contributed by atoms with E-state index in [9.17, 15) is 10.1 Å². The number of rotatable bonds is 3. The topological polar surface area (TPSA) is 81.1 Å². The van der Waals surface area contributed by atoms with E-state index in [2.05, 4.69) is 0 Å². The zero-order valence-electron chi connectivity index (χ0n) is 14.2. The molecular formula is C20H15N3O4. The lowest BCUT2D eigenvalue weighted by molar-refractivity contribution is -0.384. The molecule has 2 aliphatic heterocycles. The summed E-state index contributed by atoms with van der Waals surface area (Å²) in [5, 5.41) is 17.6. The number of nitro groups is 1. The summed E-state index contributed by atoms with van der Waals surface area (Å²) < 4.78 is 11.7. The van der Waals surface area contributed by atoms with Crippen LogP contribution in [0.2, 0.25) is 0 Å². The average Bonchev–Trinajstić information content (AvgIpc) is 3.37. The molecular weight excluding hydrogens is 346 g/mol. The van der Waals surface area contributed by atoms with Crippen molar-refractivity contribution < 1.29 is 14.1 Å². The van der Waals surface area contributed by atoms with Gasteiger partial charge in [0.25, 0.3) is 5.69 Å². The molecule has 7 heteroatoms. The van der Waals surface area contributed by atoms with Crippen molar-refractivity contribution in [3.63, 3.8) is 0 Å². The van der Waals surface area contributed by atoms with Crippen LogP contribution in [-0.2, 0) is 0 Å². The molecule has 0 N–H and O–H groups in total. The summed E-state index contributed by atoms with van der Waals surface area (Å²) in [6.07, 6.45) is 1.88. The minimum atomic E-state index is -0.460. The first-order chi connectivity index (χ1) is 13.2. The predicted molar refractivity (Wildman–Crippen MR) is 97.3 cm³/mol. The van der Waals surface area contributed by atoms with Crippen molar-refractivity contribution in [3.8, 4) is 5.75 Å². The highest BCUT2D eigenvalue weighted by Crippen LogP contribution is 2.47. The van der Waals surface area contributed by atoms with Crippen LogP contribution < -0.4 is 4.74 Å². The van der Waals surface area contributed by atoms with Crippen LogP contribution in [-0.4, -0.2) is 15.6 Å². The molecule has 2 aromatic carbocycles. The van der Waals surface area contributed by atoms with E-state index in [-0.39, 0.29) is 11.7 Å². The van der Waals surface area contributed by atoms with Crippen LogP contribution in [0, 0.1) is 10.1 Å². The molecule has 5 rings (SSSR count). The van der Waals surface area contributed by atoms with Crippen LogP contribution in [0.25, 0.3) is 0 Å². The Labute approximate surface area is 154 Å². The van der Waals surface area contributed by atoms with Crippen molar-refractivity contribution in [2.24, 2.45) is 5.10 Å². The third-order valence-corrected chi connectivity index (χ3v) is 4.89. The summed E-state index contributed by atoms with van der Waals surface area (Å²) in [5.74, 6) is 1.54. The summed E-state index contributed by atoms with van der Waals surface area (Å²) >= 11 is 0. The number of fused-ring (bicyclic) bond motifs is 3. The molecule has 27 heavy (non-hydrogen) atoms. The van der Waals surface area contributed by atoms with Crippen molar-refractivity contribution in [1.29, 1.82) is 0 Å². The molecule has 0 radical (unpaired) electrons. The molecule has 3 aromatic rings. The average molecular weight is 361 g/mol. The van der Waals surface area contributed by atoms with E-state index >= 15 is 0 Å². The first-order valence-corrected chi connectivity index (χ1v) is 8.60. The van der Waals surface area contributed by atoms with Crippen LogP contribution in [0.4, 0.5) is 5.69 Å². The summed E-state index contributed by atoms with van der Waals surface area (Å²) in [6.45, 7) is 0. The molecule has 0 bridgehead atoms. The van der Waals surface area contributed by atoms with E-state index in [1.807, 2.05) is 41.4 Å². The first kappa shape index (κ1) is 15.6. The standard InChI is InChI=1S/C20H15N3O4/c24-23(25)14-9-7-13(8-10-14)20-22-17(15-4-1-2-5-18(15)27-20)12-16(21-22)19-6-3-11-26-19/h1-11,17,20H,12H2. The fourth-order valence-electron chi connectivity index (χ4n) is 3.61. The van der Waals surface area contributed by atoms with Gasteiger partial charge in [-0.15, -0.1) is 0 Å². The monoisotopic (exact) mass is 361 g/mol.